The van der Waals surface area contributed by atoms with Gasteiger partial charge in [0.2, 0.25) is 0 Å². The van der Waals surface area contributed by atoms with Gasteiger partial charge in [0, 0.05) is 11.8 Å². The van der Waals surface area contributed by atoms with Crippen molar-refractivity contribution in [2.45, 2.75) is 0 Å². The van der Waals surface area contributed by atoms with Crippen LogP contribution in [0.1, 0.15) is 21.6 Å². The Morgan fingerprint density at radius 1 is 1.05 bits per heavy atom. The Bertz CT molecular complexity index is 851. The van der Waals surface area contributed by atoms with Gasteiger partial charge in [-0.3, -0.25) is 0 Å². The van der Waals surface area contributed by atoms with Crippen LogP contribution in [0.4, 0.5) is 0 Å². The molecule has 0 amide bonds. The first-order valence-electron chi connectivity index (χ1n) is 6.55. The lowest BCUT2D eigenvalue weighted by atomic mass is 10.2. The number of esters is 1. The van der Waals surface area contributed by atoms with E-state index in [1.165, 1.54) is 7.11 Å². The maximum absolute atomic E-state index is 11.8. The van der Waals surface area contributed by atoms with Gasteiger partial charge >= 0.3 is 5.97 Å². The van der Waals surface area contributed by atoms with Crippen LogP contribution in [0.2, 0.25) is 0 Å². The molecule has 0 aliphatic carbocycles. The number of benzene rings is 1. The largest absolute Gasteiger partial charge is 0.465 e. The molecule has 3 rings (SSSR count). The number of hydrogen-bond acceptors (Lipinski definition) is 2. The predicted octanol–water partition coefficient (Wildman–Crippen LogP) is 3.13. The second-order valence-corrected chi connectivity index (χ2v) is 4.51. The van der Waals surface area contributed by atoms with E-state index in [1.807, 2.05) is 59.1 Å². The van der Waals surface area contributed by atoms with E-state index in [1.54, 1.807) is 6.07 Å². The Balaban J connectivity index is 2.12. The molecular weight excluding hydrogens is 262 g/mol. The first kappa shape index (κ1) is 13.0. The average Bonchev–Trinajstić information content (AvgIpc) is 2.92. The minimum atomic E-state index is -0.355. The molecule has 3 aromatic rings. The van der Waals surface area contributed by atoms with E-state index in [9.17, 15) is 4.79 Å². The summed E-state index contributed by atoms with van der Waals surface area (Å²) in [4.78, 5) is 11.8. The number of pyridine rings is 1. The Hall–Kier alpha value is -2.99. The molecule has 0 aliphatic heterocycles. The molecule has 2 heterocycles. The molecule has 0 unspecified atom stereocenters. The van der Waals surface area contributed by atoms with Crippen molar-refractivity contribution < 1.29 is 9.53 Å². The molecular formula is C18H13NO2. The molecule has 21 heavy (non-hydrogen) atoms. The number of nitrogens with zero attached hydrogens (tertiary/aromatic N) is 1. The van der Waals surface area contributed by atoms with Gasteiger partial charge in [-0.15, -0.1) is 0 Å². The van der Waals surface area contributed by atoms with Crippen LogP contribution in [-0.4, -0.2) is 17.5 Å². The van der Waals surface area contributed by atoms with Gasteiger partial charge in [-0.05, 0) is 36.3 Å². The monoisotopic (exact) mass is 275 g/mol. The third-order valence-corrected chi connectivity index (χ3v) is 3.19. The molecule has 3 nitrogen and oxygen atoms in total. The van der Waals surface area contributed by atoms with Crippen molar-refractivity contribution >= 4 is 11.5 Å². The molecule has 0 aliphatic rings. The van der Waals surface area contributed by atoms with E-state index < -0.39 is 0 Å². The SMILES string of the molecule is COC(=O)c1cc(C#Cc2ccccc2)n2ccccc12. The molecule has 0 saturated heterocycles. The summed E-state index contributed by atoms with van der Waals surface area (Å²) in [6.45, 7) is 0. The highest BCUT2D eigenvalue weighted by molar-refractivity contribution is 5.98. The maximum Gasteiger partial charge on any atom is 0.340 e. The predicted molar refractivity (Wildman–Crippen MR) is 81.2 cm³/mol. The average molecular weight is 275 g/mol. The third kappa shape index (κ3) is 2.52. The van der Waals surface area contributed by atoms with Crippen LogP contribution in [0.5, 0.6) is 0 Å². The molecule has 0 radical (unpaired) electrons. The fraction of sp³-hybridized carbons (Fsp3) is 0.0556. The summed E-state index contributed by atoms with van der Waals surface area (Å²) >= 11 is 0. The van der Waals surface area contributed by atoms with E-state index in [2.05, 4.69) is 11.8 Å². The van der Waals surface area contributed by atoms with Crippen molar-refractivity contribution in [3.05, 3.63) is 77.6 Å². The van der Waals surface area contributed by atoms with Crippen LogP contribution in [-0.2, 0) is 4.74 Å². The Morgan fingerprint density at radius 2 is 1.81 bits per heavy atom. The van der Waals surface area contributed by atoms with Gasteiger partial charge in [-0.1, -0.05) is 30.2 Å². The van der Waals surface area contributed by atoms with Gasteiger partial charge in [-0.2, -0.15) is 0 Å². The van der Waals surface area contributed by atoms with Crippen LogP contribution < -0.4 is 0 Å². The van der Waals surface area contributed by atoms with Gasteiger partial charge in [0.25, 0.3) is 0 Å². The van der Waals surface area contributed by atoms with E-state index in [0.717, 1.165) is 16.8 Å². The van der Waals surface area contributed by atoms with Gasteiger partial charge in [0.1, 0.15) is 0 Å². The highest BCUT2D eigenvalue weighted by Crippen LogP contribution is 2.17. The van der Waals surface area contributed by atoms with Gasteiger partial charge in [0.05, 0.1) is 23.9 Å². The summed E-state index contributed by atoms with van der Waals surface area (Å²) in [5.74, 6) is 5.85. The molecule has 3 heteroatoms. The zero-order valence-corrected chi connectivity index (χ0v) is 11.5. The lowest BCUT2D eigenvalue weighted by Gasteiger charge is -1.97. The van der Waals surface area contributed by atoms with Gasteiger partial charge in [0.15, 0.2) is 0 Å². The first-order valence-corrected chi connectivity index (χ1v) is 6.55. The van der Waals surface area contributed by atoms with Crippen LogP contribution in [0.3, 0.4) is 0 Å². The summed E-state index contributed by atoms with van der Waals surface area (Å²) in [6.07, 6.45) is 1.89. The number of aromatic nitrogens is 1. The van der Waals surface area contributed by atoms with E-state index in [0.29, 0.717) is 5.56 Å². The summed E-state index contributed by atoms with van der Waals surface area (Å²) in [7, 11) is 1.38. The van der Waals surface area contributed by atoms with Gasteiger partial charge in [-0.25, -0.2) is 4.79 Å². The van der Waals surface area contributed by atoms with Crippen molar-refractivity contribution in [3.63, 3.8) is 0 Å². The van der Waals surface area contributed by atoms with Crippen molar-refractivity contribution in [2.24, 2.45) is 0 Å². The topological polar surface area (TPSA) is 30.7 Å². The zero-order chi connectivity index (χ0) is 14.7. The molecule has 0 N–H and O–H groups in total. The smallest absolute Gasteiger partial charge is 0.340 e. The number of methoxy groups -OCH3 is 1. The molecule has 1 aromatic carbocycles. The minimum Gasteiger partial charge on any atom is -0.465 e. The molecule has 0 bridgehead atoms. The number of fused-ring (bicyclic) bond motifs is 1. The fourth-order valence-corrected chi connectivity index (χ4v) is 2.18. The fourth-order valence-electron chi connectivity index (χ4n) is 2.18. The maximum atomic E-state index is 11.8. The van der Waals surface area contributed by atoms with Crippen molar-refractivity contribution in [1.82, 2.24) is 4.40 Å². The number of carbonyl (C=O) groups is 1. The number of carbonyl (C=O) groups excluding carboxylic acids is 1. The molecule has 102 valence electrons. The Morgan fingerprint density at radius 3 is 2.57 bits per heavy atom. The summed E-state index contributed by atoms with van der Waals surface area (Å²) in [6, 6.07) is 17.2. The Kier molecular flexibility index (Phi) is 3.44. The van der Waals surface area contributed by atoms with Crippen molar-refractivity contribution in [1.29, 1.82) is 0 Å². The lowest BCUT2D eigenvalue weighted by Crippen LogP contribution is -1.99. The molecule has 0 atom stereocenters. The zero-order valence-electron chi connectivity index (χ0n) is 11.5. The van der Waals surface area contributed by atoms with E-state index in [4.69, 9.17) is 4.74 Å². The summed E-state index contributed by atoms with van der Waals surface area (Å²) in [5, 5.41) is 0. The lowest BCUT2D eigenvalue weighted by molar-refractivity contribution is 0.0603. The highest BCUT2D eigenvalue weighted by atomic mass is 16.5. The van der Waals surface area contributed by atoms with E-state index >= 15 is 0 Å². The molecule has 0 fully saturated rings. The van der Waals surface area contributed by atoms with Crippen molar-refractivity contribution in [3.8, 4) is 11.8 Å². The van der Waals surface area contributed by atoms with Crippen LogP contribution in [0.25, 0.3) is 5.52 Å². The minimum absolute atomic E-state index is 0.355. The standard InChI is InChI=1S/C18H13NO2/c1-21-18(20)16-13-15(19-12-6-5-9-17(16)19)11-10-14-7-3-2-4-8-14/h2-9,12-13H,1H3. The number of rotatable bonds is 1. The van der Waals surface area contributed by atoms with Crippen LogP contribution in [0, 0.1) is 11.8 Å². The quantitative estimate of drug-likeness (QED) is 0.504. The molecule has 2 aromatic heterocycles. The number of hydrogen-bond donors (Lipinski definition) is 0. The van der Waals surface area contributed by atoms with E-state index in [-0.39, 0.29) is 5.97 Å². The number of ether oxygens (including phenoxy) is 1. The van der Waals surface area contributed by atoms with Crippen molar-refractivity contribution in [2.75, 3.05) is 7.11 Å². The first-order chi connectivity index (χ1) is 10.3. The normalized spacial score (nSPS) is 9.95. The third-order valence-electron chi connectivity index (χ3n) is 3.19. The molecule has 0 saturated carbocycles. The Labute approximate surface area is 122 Å². The summed E-state index contributed by atoms with van der Waals surface area (Å²) < 4.78 is 6.71. The van der Waals surface area contributed by atoms with Crippen LogP contribution >= 0.6 is 0 Å². The summed E-state index contributed by atoms with van der Waals surface area (Å²) in [5.41, 5.74) is 3.01. The van der Waals surface area contributed by atoms with Gasteiger partial charge < -0.3 is 9.14 Å². The molecule has 0 spiro atoms. The van der Waals surface area contributed by atoms with Crippen LogP contribution in [0.15, 0.2) is 60.8 Å². The second-order valence-electron chi connectivity index (χ2n) is 4.51. The highest BCUT2D eigenvalue weighted by Gasteiger charge is 2.14. The second kappa shape index (κ2) is 5.56.